The fourth-order valence-electron chi connectivity index (χ4n) is 3.76. The van der Waals surface area contributed by atoms with Crippen LogP contribution in [0.1, 0.15) is 51.4 Å². The molecule has 0 radical (unpaired) electrons. The van der Waals surface area contributed by atoms with Crippen LogP contribution in [-0.2, 0) is 0 Å². The van der Waals surface area contributed by atoms with Gasteiger partial charge < -0.3 is 15.3 Å². The Kier molecular flexibility index (Phi) is 3.96. The first-order valence-corrected chi connectivity index (χ1v) is 7.96. The highest BCUT2D eigenvalue weighted by Gasteiger charge is 2.35. The lowest BCUT2D eigenvalue weighted by Gasteiger charge is -2.34. The van der Waals surface area contributed by atoms with Crippen LogP contribution >= 0.6 is 0 Å². The fourth-order valence-corrected chi connectivity index (χ4v) is 3.76. The summed E-state index contributed by atoms with van der Waals surface area (Å²) in [5, 5.41) is 12.8. The highest BCUT2D eigenvalue weighted by Crippen LogP contribution is 2.43. The third-order valence-corrected chi connectivity index (χ3v) is 5.01. The molecule has 0 aromatic carbocycles. The summed E-state index contributed by atoms with van der Waals surface area (Å²) >= 11 is 0. The lowest BCUT2D eigenvalue weighted by molar-refractivity contribution is 0.0821. The first kappa shape index (κ1) is 13.2. The van der Waals surface area contributed by atoms with Gasteiger partial charge in [-0.1, -0.05) is 12.8 Å². The zero-order valence-electron chi connectivity index (χ0n) is 11.7. The second-order valence-electron chi connectivity index (χ2n) is 6.65. The first-order valence-electron chi connectivity index (χ1n) is 7.96. The molecule has 1 heterocycles. The molecule has 4 heteroatoms. The summed E-state index contributed by atoms with van der Waals surface area (Å²) in [6.07, 6.45) is 9.16. The molecule has 1 saturated heterocycles. The molecule has 4 nitrogen and oxygen atoms in total. The van der Waals surface area contributed by atoms with E-state index in [0.29, 0.717) is 12.6 Å². The number of piperidine rings is 1. The number of aliphatic hydroxyl groups is 1. The van der Waals surface area contributed by atoms with E-state index in [1.165, 1.54) is 32.1 Å². The Bertz CT molecular complexity index is 330. The van der Waals surface area contributed by atoms with Crippen LogP contribution < -0.4 is 5.32 Å². The first-order chi connectivity index (χ1) is 9.22. The van der Waals surface area contributed by atoms with Crippen LogP contribution in [0.4, 0.5) is 4.79 Å². The van der Waals surface area contributed by atoms with Crippen molar-refractivity contribution in [2.24, 2.45) is 11.8 Å². The van der Waals surface area contributed by atoms with Crippen molar-refractivity contribution in [3.05, 3.63) is 0 Å². The molecule has 108 valence electrons. The maximum absolute atomic E-state index is 12.2. The van der Waals surface area contributed by atoms with Crippen LogP contribution in [0.5, 0.6) is 0 Å². The fraction of sp³-hybridized carbons (Fsp3) is 0.933. The van der Waals surface area contributed by atoms with Gasteiger partial charge in [0.05, 0.1) is 6.10 Å². The molecule has 3 aliphatic rings. The van der Waals surface area contributed by atoms with Gasteiger partial charge in [-0.15, -0.1) is 0 Å². The highest BCUT2D eigenvalue weighted by atomic mass is 16.3. The van der Waals surface area contributed by atoms with Gasteiger partial charge in [0.15, 0.2) is 0 Å². The number of hydrogen-bond donors (Lipinski definition) is 2. The van der Waals surface area contributed by atoms with Gasteiger partial charge in [-0.05, 0) is 50.4 Å². The number of carbonyl (C=O) groups is 1. The second kappa shape index (κ2) is 5.70. The smallest absolute Gasteiger partial charge is 0.317 e. The average molecular weight is 266 g/mol. The zero-order chi connectivity index (χ0) is 13.2. The van der Waals surface area contributed by atoms with Crippen LogP contribution in [-0.4, -0.2) is 41.3 Å². The van der Waals surface area contributed by atoms with Crippen molar-refractivity contribution in [2.75, 3.05) is 13.1 Å². The Hall–Kier alpha value is -0.770. The summed E-state index contributed by atoms with van der Waals surface area (Å²) < 4.78 is 0. The van der Waals surface area contributed by atoms with E-state index in [1.807, 2.05) is 0 Å². The number of carbonyl (C=O) groups excluding carboxylic acids is 1. The Labute approximate surface area is 115 Å². The standard InChI is InChI=1S/C15H26N2O2/c18-14-5-2-8-17(10-14)15(19)16-13-4-1-3-12(9-13)11-6-7-11/h11-14,18H,1-10H2,(H,16,19). The van der Waals surface area contributed by atoms with E-state index < -0.39 is 0 Å². The number of rotatable bonds is 2. The SMILES string of the molecule is O=C(NC1CCCC(C2CC2)C1)N1CCCC(O)C1. The normalized spacial score (nSPS) is 36.1. The van der Waals surface area contributed by atoms with Crippen molar-refractivity contribution in [1.82, 2.24) is 10.2 Å². The summed E-state index contributed by atoms with van der Waals surface area (Å²) in [6, 6.07) is 0.408. The molecule has 0 aromatic heterocycles. The average Bonchev–Trinajstić information content (AvgIpc) is 3.23. The molecular weight excluding hydrogens is 240 g/mol. The van der Waals surface area contributed by atoms with Crippen LogP contribution in [0.2, 0.25) is 0 Å². The molecule has 19 heavy (non-hydrogen) atoms. The van der Waals surface area contributed by atoms with Crippen molar-refractivity contribution in [1.29, 1.82) is 0 Å². The molecule has 0 spiro atoms. The molecule has 0 aromatic rings. The van der Waals surface area contributed by atoms with Crippen LogP contribution in [0.25, 0.3) is 0 Å². The number of urea groups is 1. The van der Waals surface area contributed by atoms with E-state index in [0.717, 1.165) is 37.6 Å². The minimum absolute atomic E-state index is 0.0418. The minimum atomic E-state index is -0.329. The summed E-state index contributed by atoms with van der Waals surface area (Å²) in [5.74, 6) is 1.81. The lowest BCUT2D eigenvalue weighted by Crippen LogP contribution is -2.50. The third kappa shape index (κ3) is 3.41. The highest BCUT2D eigenvalue weighted by molar-refractivity contribution is 5.74. The molecule has 3 rings (SSSR count). The molecule has 2 saturated carbocycles. The predicted molar refractivity (Wildman–Crippen MR) is 73.8 cm³/mol. The van der Waals surface area contributed by atoms with Gasteiger partial charge in [0, 0.05) is 19.1 Å². The minimum Gasteiger partial charge on any atom is -0.391 e. The van der Waals surface area contributed by atoms with Crippen LogP contribution in [0.3, 0.4) is 0 Å². The van der Waals surface area contributed by atoms with E-state index in [2.05, 4.69) is 5.32 Å². The molecule has 1 aliphatic heterocycles. The van der Waals surface area contributed by atoms with Crippen molar-refractivity contribution >= 4 is 6.03 Å². The molecule has 3 atom stereocenters. The molecule has 2 aliphatic carbocycles. The van der Waals surface area contributed by atoms with E-state index >= 15 is 0 Å². The van der Waals surface area contributed by atoms with Gasteiger partial charge in [0.1, 0.15) is 0 Å². The van der Waals surface area contributed by atoms with Crippen molar-refractivity contribution < 1.29 is 9.90 Å². The quantitative estimate of drug-likeness (QED) is 0.804. The number of likely N-dealkylation sites (tertiary alicyclic amines) is 1. The number of nitrogens with one attached hydrogen (secondary N) is 1. The number of β-amino-alcohol motifs (C(OH)–C–C–N with tert-alkyl or cyclic N) is 1. The molecule has 2 N–H and O–H groups in total. The largest absolute Gasteiger partial charge is 0.391 e. The van der Waals surface area contributed by atoms with Crippen molar-refractivity contribution in [2.45, 2.75) is 63.5 Å². The van der Waals surface area contributed by atoms with Gasteiger partial charge in [0.25, 0.3) is 0 Å². The summed E-state index contributed by atoms with van der Waals surface area (Å²) in [6.45, 7) is 1.30. The zero-order valence-corrected chi connectivity index (χ0v) is 11.7. The topological polar surface area (TPSA) is 52.6 Å². The lowest BCUT2D eigenvalue weighted by atomic mass is 9.83. The van der Waals surface area contributed by atoms with Gasteiger partial charge in [-0.25, -0.2) is 4.79 Å². The number of hydrogen-bond acceptors (Lipinski definition) is 2. The van der Waals surface area contributed by atoms with E-state index in [1.54, 1.807) is 4.90 Å². The second-order valence-corrected chi connectivity index (χ2v) is 6.65. The number of aliphatic hydroxyl groups excluding tert-OH is 1. The number of nitrogens with zero attached hydrogens (tertiary/aromatic N) is 1. The van der Waals surface area contributed by atoms with E-state index in [9.17, 15) is 9.90 Å². The summed E-state index contributed by atoms with van der Waals surface area (Å²) in [5.41, 5.74) is 0. The number of amides is 2. The van der Waals surface area contributed by atoms with Gasteiger partial charge in [-0.2, -0.15) is 0 Å². The maximum atomic E-state index is 12.2. The Balaban J connectivity index is 1.48. The summed E-state index contributed by atoms with van der Waals surface area (Å²) in [7, 11) is 0. The van der Waals surface area contributed by atoms with E-state index in [-0.39, 0.29) is 12.1 Å². The van der Waals surface area contributed by atoms with Crippen LogP contribution in [0, 0.1) is 11.8 Å². The molecule has 2 amide bonds. The van der Waals surface area contributed by atoms with E-state index in [4.69, 9.17) is 0 Å². The monoisotopic (exact) mass is 266 g/mol. The third-order valence-electron chi connectivity index (χ3n) is 5.01. The molecule has 3 unspecified atom stereocenters. The van der Waals surface area contributed by atoms with Gasteiger partial charge in [0.2, 0.25) is 0 Å². The maximum Gasteiger partial charge on any atom is 0.317 e. The van der Waals surface area contributed by atoms with Crippen LogP contribution in [0.15, 0.2) is 0 Å². The molecule has 3 fully saturated rings. The summed E-state index contributed by atoms with van der Waals surface area (Å²) in [4.78, 5) is 14.0. The van der Waals surface area contributed by atoms with Crippen molar-refractivity contribution in [3.63, 3.8) is 0 Å². The Morgan fingerprint density at radius 1 is 1.05 bits per heavy atom. The molecular formula is C15H26N2O2. The predicted octanol–water partition coefficient (Wildman–Crippen LogP) is 2.12. The molecule has 0 bridgehead atoms. The Morgan fingerprint density at radius 2 is 1.89 bits per heavy atom. The van der Waals surface area contributed by atoms with Gasteiger partial charge in [-0.3, -0.25) is 0 Å². The van der Waals surface area contributed by atoms with Crippen molar-refractivity contribution in [3.8, 4) is 0 Å². The van der Waals surface area contributed by atoms with Gasteiger partial charge >= 0.3 is 6.03 Å². The Morgan fingerprint density at radius 3 is 2.63 bits per heavy atom.